The number of rotatable bonds is 9. The lowest BCUT2D eigenvalue weighted by molar-refractivity contribution is 0.00613. The molecule has 1 fully saturated rings. The molecule has 0 amide bonds. The molecule has 2 heteroatoms. The van der Waals surface area contributed by atoms with Gasteiger partial charge in [-0.3, -0.25) is 0 Å². The first-order chi connectivity index (χ1) is 7.57. The zero-order chi connectivity index (χ0) is 12.0. The Labute approximate surface area is 101 Å². The van der Waals surface area contributed by atoms with Crippen LogP contribution in [-0.4, -0.2) is 25.3 Å². The van der Waals surface area contributed by atoms with Crippen LogP contribution >= 0.6 is 0 Å². The van der Waals surface area contributed by atoms with E-state index in [1.807, 2.05) is 7.11 Å². The lowest BCUT2D eigenvalue weighted by Gasteiger charge is -2.29. The van der Waals surface area contributed by atoms with Crippen LogP contribution in [0.3, 0.4) is 0 Å². The quantitative estimate of drug-likeness (QED) is 0.652. The van der Waals surface area contributed by atoms with E-state index in [1.54, 1.807) is 0 Å². The molecule has 0 saturated heterocycles. The van der Waals surface area contributed by atoms with Crippen LogP contribution < -0.4 is 5.32 Å². The minimum Gasteiger partial charge on any atom is -0.379 e. The van der Waals surface area contributed by atoms with Crippen molar-refractivity contribution in [3.8, 4) is 0 Å². The third-order valence-electron chi connectivity index (χ3n) is 3.59. The molecular weight excluding hydrogens is 198 g/mol. The van der Waals surface area contributed by atoms with Gasteiger partial charge in [-0.1, -0.05) is 19.8 Å². The average molecular weight is 227 g/mol. The van der Waals surface area contributed by atoms with E-state index >= 15 is 0 Å². The molecular formula is C14H29NO. The summed E-state index contributed by atoms with van der Waals surface area (Å²) in [4.78, 5) is 0. The monoisotopic (exact) mass is 227 g/mol. The lowest BCUT2D eigenvalue weighted by Crippen LogP contribution is -2.38. The molecule has 0 aromatic rings. The number of hydrogen-bond donors (Lipinski definition) is 1. The maximum absolute atomic E-state index is 5.53. The third-order valence-corrected chi connectivity index (χ3v) is 3.59. The molecule has 0 heterocycles. The van der Waals surface area contributed by atoms with Crippen molar-refractivity contribution >= 4 is 0 Å². The normalized spacial score (nSPS) is 18.8. The summed E-state index contributed by atoms with van der Waals surface area (Å²) in [7, 11) is 1.82. The van der Waals surface area contributed by atoms with Gasteiger partial charge in [-0.05, 0) is 52.0 Å². The van der Waals surface area contributed by atoms with Crippen molar-refractivity contribution in [1.82, 2.24) is 5.32 Å². The third kappa shape index (κ3) is 5.86. The van der Waals surface area contributed by atoms with E-state index in [1.165, 1.54) is 32.1 Å². The second-order valence-corrected chi connectivity index (χ2v) is 5.84. The summed E-state index contributed by atoms with van der Waals surface area (Å²) in [5.41, 5.74) is 0.00889. The second kappa shape index (κ2) is 6.61. The highest BCUT2D eigenvalue weighted by Gasteiger charge is 2.26. The van der Waals surface area contributed by atoms with Gasteiger partial charge < -0.3 is 10.1 Å². The Balaban J connectivity index is 2.28. The van der Waals surface area contributed by atoms with Gasteiger partial charge in [0.15, 0.2) is 0 Å². The number of ether oxygens (including phenoxy) is 1. The first-order valence-electron chi connectivity index (χ1n) is 6.86. The van der Waals surface area contributed by atoms with Crippen molar-refractivity contribution in [2.75, 3.05) is 13.7 Å². The van der Waals surface area contributed by atoms with Crippen LogP contribution in [0.5, 0.6) is 0 Å². The van der Waals surface area contributed by atoms with Crippen molar-refractivity contribution < 1.29 is 4.74 Å². The largest absolute Gasteiger partial charge is 0.379 e. The van der Waals surface area contributed by atoms with Crippen LogP contribution in [0.4, 0.5) is 0 Å². The topological polar surface area (TPSA) is 21.3 Å². The minimum absolute atomic E-state index is 0.00889. The lowest BCUT2D eigenvalue weighted by atomic mass is 9.94. The van der Waals surface area contributed by atoms with E-state index in [0.717, 1.165) is 18.9 Å². The summed E-state index contributed by atoms with van der Waals surface area (Å²) < 4.78 is 5.53. The van der Waals surface area contributed by atoms with E-state index in [4.69, 9.17) is 4.74 Å². The Morgan fingerprint density at radius 1 is 1.38 bits per heavy atom. The molecule has 0 radical (unpaired) electrons. The predicted molar refractivity (Wildman–Crippen MR) is 69.7 cm³/mol. The van der Waals surface area contributed by atoms with E-state index in [-0.39, 0.29) is 5.60 Å². The molecule has 0 bridgehead atoms. The fourth-order valence-electron chi connectivity index (χ4n) is 2.14. The summed E-state index contributed by atoms with van der Waals surface area (Å²) in [6.07, 6.45) is 7.99. The molecule has 1 N–H and O–H groups in total. The van der Waals surface area contributed by atoms with Crippen molar-refractivity contribution in [1.29, 1.82) is 0 Å². The summed E-state index contributed by atoms with van der Waals surface area (Å²) in [6, 6.07) is 0.635. The SMILES string of the molecule is CCCNC(CCC1CC1)CC(C)(C)OC. The van der Waals surface area contributed by atoms with Gasteiger partial charge in [-0.25, -0.2) is 0 Å². The molecule has 0 aromatic heterocycles. The van der Waals surface area contributed by atoms with E-state index in [9.17, 15) is 0 Å². The average Bonchev–Trinajstić information content (AvgIpc) is 3.06. The molecule has 1 atom stereocenters. The standard InChI is InChI=1S/C14H29NO/c1-5-10-15-13(9-8-12-6-7-12)11-14(2,3)16-4/h12-13,15H,5-11H2,1-4H3. The Hall–Kier alpha value is -0.0800. The fourth-order valence-corrected chi connectivity index (χ4v) is 2.14. The van der Waals surface area contributed by atoms with Gasteiger partial charge in [0.25, 0.3) is 0 Å². The zero-order valence-corrected chi connectivity index (χ0v) is 11.5. The highest BCUT2D eigenvalue weighted by Crippen LogP contribution is 2.34. The van der Waals surface area contributed by atoms with Crippen LogP contribution in [0.2, 0.25) is 0 Å². The Morgan fingerprint density at radius 3 is 2.56 bits per heavy atom. The fraction of sp³-hybridized carbons (Fsp3) is 1.00. The van der Waals surface area contributed by atoms with Crippen molar-refractivity contribution in [3.63, 3.8) is 0 Å². The van der Waals surface area contributed by atoms with Crippen LogP contribution in [-0.2, 0) is 4.74 Å². The van der Waals surface area contributed by atoms with Gasteiger partial charge in [0, 0.05) is 13.2 Å². The molecule has 1 unspecified atom stereocenters. The summed E-state index contributed by atoms with van der Waals surface area (Å²) in [5.74, 6) is 1.04. The molecule has 16 heavy (non-hydrogen) atoms. The van der Waals surface area contributed by atoms with Crippen molar-refractivity contribution in [3.05, 3.63) is 0 Å². The van der Waals surface area contributed by atoms with E-state index in [0.29, 0.717) is 6.04 Å². The Kier molecular flexibility index (Phi) is 5.77. The number of hydrogen-bond acceptors (Lipinski definition) is 2. The molecule has 1 rings (SSSR count). The Morgan fingerprint density at radius 2 is 2.06 bits per heavy atom. The second-order valence-electron chi connectivity index (χ2n) is 5.84. The van der Waals surface area contributed by atoms with Gasteiger partial charge in [-0.15, -0.1) is 0 Å². The van der Waals surface area contributed by atoms with Crippen molar-refractivity contribution in [2.24, 2.45) is 5.92 Å². The maximum atomic E-state index is 5.53. The highest BCUT2D eigenvalue weighted by molar-refractivity contribution is 4.81. The molecule has 0 aliphatic heterocycles. The van der Waals surface area contributed by atoms with E-state index in [2.05, 4.69) is 26.1 Å². The van der Waals surface area contributed by atoms with Gasteiger partial charge in [0.1, 0.15) is 0 Å². The van der Waals surface area contributed by atoms with Gasteiger partial charge in [0.05, 0.1) is 5.60 Å². The molecule has 1 aliphatic carbocycles. The van der Waals surface area contributed by atoms with Crippen LogP contribution in [0, 0.1) is 5.92 Å². The first kappa shape index (κ1) is 14.0. The summed E-state index contributed by atoms with van der Waals surface area (Å²) in [5, 5.41) is 3.66. The predicted octanol–water partition coefficient (Wildman–Crippen LogP) is 3.36. The van der Waals surface area contributed by atoms with Crippen molar-refractivity contribution in [2.45, 2.75) is 70.9 Å². The Bertz CT molecular complexity index is 187. The molecule has 0 spiro atoms. The van der Waals surface area contributed by atoms with Gasteiger partial charge in [-0.2, -0.15) is 0 Å². The highest BCUT2D eigenvalue weighted by atomic mass is 16.5. The van der Waals surface area contributed by atoms with Crippen LogP contribution in [0.15, 0.2) is 0 Å². The molecule has 1 saturated carbocycles. The summed E-state index contributed by atoms with van der Waals surface area (Å²) in [6.45, 7) is 7.73. The smallest absolute Gasteiger partial charge is 0.0637 e. The molecule has 1 aliphatic rings. The van der Waals surface area contributed by atoms with Gasteiger partial charge >= 0.3 is 0 Å². The maximum Gasteiger partial charge on any atom is 0.0637 e. The zero-order valence-electron chi connectivity index (χ0n) is 11.5. The van der Waals surface area contributed by atoms with Crippen LogP contribution in [0.1, 0.15) is 59.3 Å². The van der Waals surface area contributed by atoms with E-state index < -0.39 is 0 Å². The summed E-state index contributed by atoms with van der Waals surface area (Å²) >= 11 is 0. The molecule has 0 aromatic carbocycles. The molecule has 2 nitrogen and oxygen atoms in total. The minimum atomic E-state index is 0.00889. The number of methoxy groups -OCH3 is 1. The van der Waals surface area contributed by atoms with Gasteiger partial charge in [0.2, 0.25) is 0 Å². The van der Waals surface area contributed by atoms with Crippen LogP contribution in [0.25, 0.3) is 0 Å². The first-order valence-corrected chi connectivity index (χ1v) is 6.86. The molecule has 96 valence electrons. The number of nitrogens with one attached hydrogen (secondary N) is 1.